The normalized spacial score (nSPS) is 15.9. The molecule has 0 N–H and O–H groups in total. The van der Waals surface area contributed by atoms with Crippen LogP contribution in [0.25, 0.3) is 28.0 Å². The van der Waals surface area contributed by atoms with Crippen molar-refractivity contribution in [1.82, 2.24) is 14.5 Å². The molecule has 4 aromatic rings. The molecule has 1 fully saturated rings. The highest BCUT2D eigenvalue weighted by molar-refractivity contribution is 6.34. The molecular formula is C33H36ClFN4O3. The molecular weight excluding hydrogens is 555 g/mol. The highest BCUT2D eigenvalue weighted by atomic mass is 35.5. The first-order valence-corrected chi connectivity index (χ1v) is 14.6. The van der Waals surface area contributed by atoms with Crippen molar-refractivity contribution in [2.75, 3.05) is 24.5 Å². The molecule has 1 saturated heterocycles. The summed E-state index contributed by atoms with van der Waals surface area (Å²) in [6.07, 6.45) is -0.362. The van der Waals surface area contributed by atoms with Crippen molar-refractivity contribution in [3.8, 4) is 16.9 Å². The number of ether oxygens (including phenoxy) is 1. The molecule has 5 rings (SSSR count). The van der Waals surface area contributed by atoms with E-state index in [1.165, 1.54) is 6.07 Å². The Morgan fingerprint density at radius 2 is 1.74 bits per heavy atom. The molecule has 2 aromatic heterocycles. The van der Waals surface area contributed by atoms with E-state index < -0.39 is 11.4 Å². The molecule has 0 saturated carbocycles. The summed E-state index contributed by atoms with van der Waals surface area (Å²) in [6.45, 7) is 13.0. The zero-order chi connectivity index (χ0) is 30.3. The minimum absolute atomic E-state index is 0.127. The molecule has 0 bridgehead atoms. The van der Waals surface area contributed by atoms with Gasteiger partial charge in [0.2, 0.25) is 0 Å². The Balaban J connectivity index is 1.69. The predicted octanol–water partition coefficient (Wildman–Crippen LogP) is 7.41. The van der Waals surface area contributed by atoms with Crippen molar-refractivity contribution in [2.45, 2.75) is 59.1 Å². The number of rotatable bonds is 4. The van der Waals surface area contributed by atoms with Gasteiger partial charge in [-0.1, -0.05) is 55.8 Å². The van der Waals surface area contributed by atoms with Gasteiger partial charge < -0.3 is 14.5 Å². The maximum atomic E-state index is 14.9. The Morgan fingerprint density at radius 1 is 1.05 bits per heavy atom. The van der Waals surface area contributed by atoms with Gasteiger partial charge in [0.05, 0.1) is 22.1 Å². The molecule has 1 amide bonds. The summed E-state index contributed by atoms with van der Waals surface area (Å²) in [7, 11) is 0. The maximum Gasteiger partial charge on any atom is 0.410 e. The lowest BCUT2D eigenvalue weighted by molar-refractivity contribution is 0.0219. The van der Waals surface area contributed by atoms with E-state index >= 15 is 0 Å². The molecule has 42 heavy (non-hydrogen) atoms. The van der Waals surface area contributed by atoms with Crippen LogP contribution >= 0.6 is 11.6 Å². The Morgan fingerprint density at radius 3 is 2.40 bits per heavy atom. The number of hydrogen-bond acceptors (Lipinski definition) is 5. The van der Waals surface area contributed by atoms with Crippen LogP contribution in [0.4, 0.5) is 14.9 Å². The molecule has 1 aliphatic rings. The second-order valence-electron chi connectivity index (χ2n) is 12.1. The SMILES string of the molecule is CC(C)c1ccccc1-n1c(=O)cc(N2CCN(C(=O)OC(C)(C)C)C[C@@H]2C)c2cc(Cl)c(-c3ccccc3F)nc21. The smallest absolute Gasteiger partial charge is 0.410 e. The summed E-state index contributed by atoms with van der Waals surface area (Å²) < 4.78 is 22.1. The van der Waals surface area contributed by atoms with Gasteiger partial charge in [0.25, 0.3) is 5.56 Å². The number of fused-ring (bicyclic) bond motifs is 1. The second-order valence-corrected chi connectivity index (χ2v) is 12.5. The lowest BCUT2D eigenvalue weighted by atomic mass is 10.0. The molecule has 1 atom stereocenters. The minimum atomic E-state index is -0.594. The Hall–Kier alpha value is -3.91. The van der Waals surface area contributed by atoms with Gasteiger partial charge in [0, 0.05) is 42.7 Å². The van der Waals surface area contributed by atoms with E-state index in [2.05, 4.69) is 18.7 Å². The Labute approximate surface area is 250 Å². The number of piperazine rings is 1. The zero-order valence-electron chi connectivity index (χ0n) is 24.8. The number of para-hydroxylation sites is 1. The Bertz CT molecular complexity index is 1710. The highest BCUT2D eigenvalue weighted by Gasteiger charge is 2.32. The first-order chi connectivity index (χ1) is 19.9. The van der Waals surface area contributed by atoms with Crippen LogP contribution in [-0.4, -0.2) is 51.8 Å². The number of pyridine rings is 2. The van der Waals surface area contributed by atoms with E-state index in [-0.39, 0.29) is 39.9 Å². The second kappa shape index (κ2) is 11.4. The molecule has 3 heterocycles. The van der Waals surface area contributed by atoms with E-state index in [0.717, 1.165) is 5.56 Å². The highest BCUT2D eigenvalue weighted by Crippen LogP contribution is 2.36. The van der Waals surface area contributed by atoms with E-state index in [4.69, 9.17) is 21.3 Å². The number of hydrogen-bond donors (Lipinski definition) is 0. The maximum absolute atomic E-state index is 14.9. The predicted molar refractivity (Wildman–Crippen MR) is 166 cm³/mol. The van der Waals surface area contributed by atoms with Crippen molar-refractivity contribution < 1.29 is 13.9 Å². The number of nitrogens with zero attached hydrogens (tertiary/aromatic N) is 4. The van der Waals surface area contributed by atoms with E-state index in [1.807, 2.05) is 52.0 Å². The minimum Gasteiger partial charge on any atom is -0.444 e. The van der Waals surface area contributed by atoms with Gasteiger partial charge in [-0.05, 0) is 63.4 Å². The van der Waals surface area contributed by atoms with Gasteiger partial charge in [0.1, 0.15) is 17.1 Å². The van der Waals surface area contributed by atoms with Gasteiger partial charge >= 0.3 is 6.09 Å². The van der Waals surface area contributed by atoms with Gasteiger partial charge in [0.15, 0.2) is 0 Å². The largest absolute Gasteiger partial charge is 0.444 e. The molecule has 7 nitrogen and oxygen atoms in total. The number of anilines is 1. The van der Waals surface area contributed by atoms with Gasteiger partial charge in [-0.3, -0.25) is 9.36 Å². The molecule has 0 aliphatic carbocycles. The molecule has 2 aromatic carbocycles. The Kier molecular flexibility index (Phi) is 8.03. The fraction of sp³-hybridized carbons (Fsp3) is 0.364. The van der Waals surface area contributed by atoms with Crippen molar-refractivity contribution in [3.63, 3.8) is 0 Å². The number of benzene rings is 2. The van der Waals surface area contributed by atoms with E-state index in [0.29, 0.717) is 42.0 Å². The number of halogens is 2. The van der Waals surface area contributed by atoms with Crippen molar-refractivity contribution in [1.29, 1.82) is 0 Å². The fourth-order valence-electron chi connectivity index (χ4n) is 5.50. The van der Waals surface area contributed by atoms with Crippen LogP contribution in [0.3, 0.4) is 0 Å². The van der Waals surface area contributed by atoms with Crippen LogP contribution in [0.2, 0.25) is 5.02 Å². The first kappa shape index (κ1) is 29.6. The quantitative estimate of drug-likeness (QED) is 0.247. The lowest BCUT2D eigenvalue weighted by Gasteiger charge is -2.41. The summed E-state index contributed by atoms with van der Waals surface area (Å²) in [6, 6.07) is 17.3. The fourth-order valence-corrected chi connectivity index (χ4v) is 5.75. The van der Waals surface area contributed by atoms with Crippen molar-refractivity contribution >= 4 is 34.4 Å². The summed E-state index contributed by atoms with van der Waals surface area (Å²) in [5.41, 5.74) is 2.41. The number of amides is 1. The van der Waals surface area contributed by atoms with Crippen molar-refractivity contribution in [3.05, 3.63) is 87.4 Å². The van der Waals surface area contributed by atoms with E-state index in [9.17, 15) is 14.0 Å². The van der Waals surface area contributed by atoms with Crippen LogP contribution in [0, 0.1) is 5.82 Å². The zero-order valence-corrected chi connectivity index (χ0v) is 25.6. The number of carbonyl (C=O) groups is 1. The first-order valence-electron chi connectivity index (χ1n) is 14.2. The average molecular weight is 591 g/mol. The summed E-state index contributed by atoms with van der Waals surface area (Å²) in [5, 5.41) is 0.937. The standard InChI is InChI=1S/C33H36ClFN4O3/c1-20(2)22-11-8-10-14-27(22)39-29(40)18-28(38-16-15-37(19-21(38)3)32(41)42-33(4,5)6)24-17-25(34)30(36-31(24)39)23-12-7-9-13-26(23)35/h7-14,17-18,20-21H,15-16,19H2,1-6H3/t21-/m0/s1. The molecule has 1 aliphatic heterocycles. The van der Waals surface area contributed by atoms with Gasteiger partial charge in [-0.15, -0.1) is 0 Å². The molecule has 220 valence electrons. The molecule has 0 radical (unpaired) electrons. The third-order valence-corrected chi connectivity index (χ3v) is 7.73. The van der Waals surface area contributed by atoms with Crippen LogP contribution in [0.1, 0.15) is 53.0 Å². The van der Waals surface area contributed by atoms with Crippen molar-refractivity contribution in [2.24, 2.45) is 0 Å². The topological polar surface area (TPSA) is 67.7 Å². The van der Waals surface area contributed by atoms with Gasteiger partial charge in [-0.2, -0.15) is 0 Å². The van der Waals surface area contributed by atoms with Crippen LogP contribution in [0.15, 0.2) is 65.5 Å². The molecule has 0 spiro atoms. The summed E-state index contributed by atoms with van der Waals surface area (Å²) in [5.74, 6) is -0.312. The lowest BCUT2D eigenvalue weighted by Crippen LogP contribution is -2.54. The average Bonchev–Trinajstić information content (AvgIpc) is 2.92. The van der Waals surface area contributed by atoms with Crippen LogP contribution in [0.5, 0.6) is 0 Å². The third kappa shape index (κ3) is 5.73. The summed E-state index contributed by atoms with van der Waals surface area (Å²) >= 11 is 6.80. The number of carbonyl (C=O) groups excluding carboxylic acids is 1. The van der Waals surface area contributed by atoms with Gasteiger partial charge in [-0.25, -0.2) is 14.2 Å². The third-order valence-electron chi connectivity index (χ3n) is 7.44. The summed E-state index contributed by atoms with van der Waals surface area (Å²) in [4.78, 5) is 35.5. The van der Waals surface area contributed by atoms with Crippen LogP contribution in [-0.2, 0) is 4.74 Å². The monoisotopic (exact) mass is 590 g/mol. The van der Waals surface area contributed by atoms with Crippen LogP contribution < -0.4 is 10.5 Å². The molecule has 9 heteroatoms. The number of aromatic nitrogens is 2. The van der Waals surface area contributed by atoms with E-state index in [1.54, 1.807) is 39.8 Å². The molecule has 0 unspecified atom stereocenters.